The van der Waals surface area contributed by atoms with E-state index in [1.54, 1.807) is 4.90 Å². The Morgan fingerprint density at radius 2 is 1.78 bits per heavy atom. The molecule has 1 aliphatic heterocycles. The van der Waals surface area contributed by atoms with Crippen molar-refractivity contribution in [2.75, 3.05) is 24.5 Å². The summed E-state index contributed by atoms with van der Waals surface area (Å²) in [5, 5.41) is 24.3. The number of rotatable bonds is 7. The van der Waals surface area contributed by atoms with Crippen molar-refractivity contribution in [3.63, 3.8) is 0 Å². The highest BCUT2D eigenvalue weighted by atomic mass is 35.5. The van der Waals surface area contributed by atoms with Crippen LogP contribution in [-0.2, 0) is 6.18 Å². The molecule has 0 bridgehead atoms. The van der Waals surface area contributed by atoms with Gasteiger partial charge in [0.25, 0.3) is 5.69 Å². The van der Waals surface area contributed by atoms with Crippen molar-refractivity contribution in [1.82, 2.24) is 5.32 Å². The van der Waals surface area contributed by atoms with E-state index in [9.17, 15) is 32.8 Å². The first-order chi connectivity index (χ1) is 14.6. The molecule has 0 amide bonds. The van der Waals surface area contributed by atoms with Gasteiger partial charge in [-0.25, -0.2) is 4.39 Å². The number of piperidine rings is 1. The van der Waals surface area contributed by atoms with Gasteiger partial charge in [0.05, 0.1) is 16.6 Å². The number of aliphatic hydroxyl groups excluding tert-OH is 1. The number of benzene rings is 2. The number of hydrogen-bond donors (Lipinski definition) is 2. The molecular weight excluding hydrogens is 454 g/mol. The maximum atomic E-state index is 13.4. The zero-order chi connectivity index (χ0) is 22.6. The van der Waals surface area contributed by atoms with Gasteiger partial charge in [-0.3, -0.25) is 10.1 Å². The molecule has 6 nitrogen and oxygen atoms in total. The number of nitro groups is 1. The van der Waals surface area contributed by atoms with Gasteiger partial charge in [0.15, 0.2) is 0 Å². The summed E-state index contributed by atoms with van der Waals surface area (Å²) >= 11 is 0. The van der Waals surface area contributed by atoms with Crippen LogP contribution in [0.25, 0.3) is 0 Å². The van der Waals surface area contributed by atoms with Crippen LogP contribution in [0, 0.1) is 15.9 Å². The molecule has 1 fully saturated rings. The second-order valence-electron chi connectivity index (χ2n) is 7.53. The van der Waals surface area contributed by atoms with E-state index in [-0.39, 0.29) is 30.0 Å². The van der Waals surface area contributed by atoms with Gasteiger partial charge in [0.2, 0.25) is 0 Å². The Hall–Kier alpha value is -2.43. The fourth-order valence-corrected chi connectivity index (χ4v) is 3.74. The molecule has 0 aromatic heterocycles. The second kappa shape index (κ2) is 10.9. The SMILES string of the molecule is Cl.O=[N+]([O-])c1ccc(N2CCC(NCCC(O)c3ccc(F)cc3)CC2)c(C(F)(F)F)c1. The Balaban J connectivity index is 0.00000363. The molecule has 2 aromatic rings. The summed E-state index contributed by atoms with van der Waals surface area (Å²) in [6.07, 6.45) is -3.80. The van der Waals surface area contributed by atoms with Gasteiger partial charge < -0.3 is 15.3 Å². The molecule has 1 saturated heterocycles. The van der Waals surface area contributed by atoms with Crippen molar-refractivity contribution in [1.29, 1.82) is 0 Å². The van der Waals surface area contributed by atoms with Crippen LogP contribution in [0.3, 0.4) is 0 Å². The standard InChI is InChI=1S/C21H23F4N3O3.ClH/c22-15-3-1-14(2-4-15)20(29)7-10-26-16-8-11-27(12-9-16)19-6-5-17(28(30)31)13-18(19)21(23,24)25;/h1-6,13,16,20,26,29H,7-12H2;1H. The Bertz CT molecular complexity index is 904. The molecule has 0 spiro atoms. The first kappa shape index (κ1) is 25.8. The van der Waals surface area contributed by atoms with Crippen molar-refractivity contribution in [3.05, 3.63) is 69.5 Å². The van der Waals surface area contributed by atoms with Crippen LogP contribution in [-0.4, -0.2) is 35.7 Å². The van der Waals surface area contributed by atoms with Crippen molar-refractivity contribution >= 4 is 23.8 Å². The van der Waals surface area contributed by atoms with E-state index in [1.165, 1.54) is 24.3 Å². The minimum Gasteiger partial charge on any atom is -0.388 e. The van der Waals surface area contributed by atoms with Crippen molar-refractivity contribution < 1.29 is 27.6 Å². The van der Waals surface area contributed by atoms with Crippen molar-refractivity contribution in [3.8, 4) is 0 Å². The molecule has 1 heterocycles. The van der Waals surface area contributed by atoms with Gasteiger partial charge in [-0.1, -0.05) is 12.1 Å². The average Bonchev–Trinajstić information content (AvgIpc) is 2.73. The molecule has 1 atom stereocenters. The Kier molecular flexibility index (Phi) is 8.82. The Morgan fingerprint density at radius 1 is 1.16 bits per heavy atom. The number of alkyl halides is 3. The molecule has 0 saturated carbocycles. The largest absolute Gasteiger partial charge is 0.418 e. The van der Waals surface area contributed by atoms with E-state index in [4.69, 9.17) is 0 Å². The molecule has 3 rings (SSSR count). The maximum Gasteiger partial charge on any atom is 0.418 e. The van der Waals surface area contributed by atoms with Crippen LogP contribution < -0.4 is 10.2 Å². The van der Waals surface area contributed by atoms with Gasteiger partial charge in [0.1, 0.15) is 5.82 Å². The lowest BCUT2D eigenvalue weighted by atomic mass is 10.0. The number of hydrogen-bond acceptors (Lipinski definition) is 5. The fourth-order valence-electron chi connectivity index (χ4n) is 3.74. The quantitative estimate of drug-likeness (QED) is 0.338. The molecule has 1 unspecified atom stereocenters. The molecule has 11 heteroatoms. The first-order valence-corrected chi connectivity index (χ1v) is 9.92. The van der Waals surface area contributed by atoms with Crippen LogP contribution in [0.15, 0.2) is 42.5 Å². The monoisotopic (exact) mass is 477 g/mol. The molecule has 32 heavy (non-hydrogen) atoms. The predicted octanol–water partition coefficient (Wildman–Crippen LogP) is 4.86. The van der Waals surface area contributed by atoms with Gasteiger partial charge in [-0.05, 0) is 49.6 Å². The van der Waals surface area contributed by atoms with Crippen LogP contribution in [0.1, 0.15) is 36.5 Å². The van der Waals surface area contributed by atoms with Crippen LogP contribution in [0.2, 0.25) is 0 Å². The van der Waals surface area contributed by atoms with Crippen LogP contribution in [0.5, 0.6) is 0 Å². The summed E-state index contributed by atoms with van der Waals surface area (Å²) in [4.78, 5) is 11.6. The highest BCUT2D eigenvalue weighted by Crippen LogP contribution is 2.39. The van der Waals surface area contributed by atoms with Gasteiger partial charge >= 0.3 is 6.18 Å². The topological polar surface area (TPSA) is 78.6 Å². The third kappa shape index (κ3) is 6.54. The zero-order valence-electron chi connectivity index (χ0n) is 17.0. The maximum absolute atomic E-state index is 13.4. The lowest BCUT2D eigenvalue weighted by molar-refractivity contribution is -0.385. The number of nitro benzene ring substituents is 1. The number of halogens is 5. The molecule has 2 aromatic carbocycles. The lowest BCUT2D eigenvalue weighted by Crippen LogP contribution is -2.43. The van der Waals surface area contributed by atoms with E-state index < -0.39 is 28.5 Å². The van der Waals surface area contributed by atoms with Crippen LogP contribution in [0.4, 0.5) is 28.9 Å². The highest BCUT2D eigenvalue weighted by molar-refractivity contribution is 5.85. The summed E-state index contributed by atoms with van der Waals surface area (Å²) in [6.45, 7) is 1.26. The molecular formula is C21H24ClF4N3O3. The predicted molar refractivity (Wildman–Crippen MR) is 115 cm³/mol. The number of non-ortho nitro benzene ring substituents is 1. The Labute approximate surface area is 188 Å². The van der Waals surface area contributed by atoms with E-state index in [1.807, 2.05) is 0 Å². The molecule has 176 valence electrons. The third-order valence-electron chi connectivity index (χ3n) is 5.44. The lowest BCUT2D eigenvalue weighted by Gasteiger charge is -2.35. The van der Waals surface area contributed by atoms with Crippen molar-refractivity contribution in [2.24, 2.45) is 0 Å². The normalized spacial score (nSPS) is 15.8. The van der Waals surface area contributed by atoms with E-state index in [0.29, 0.717) is 50.5 Å². The van der Waals surface area contributed by atoms with Gasteiger partial charge in [0, 0.05) is 37.0 Å². The molecule has 0 radical (unpaired) electrons. The number of nitrogens with zero attached hydrogens (tertiary/aromatic N) is 2. The summed E-state index contributed by atoms with van der Waals surface area (Å²) < 4.78 is 53.2. The van der Waals surface area contributed by atoms with E-state index in [0.717, 1.165) is 12.1 Å². The van der Waals surface area contributed by atoms with E-state index >= 15 is 0 Å². The molecule has 0 aliphatic carbocycles. The first-order valence-electron chi connectivity index (χ1n) is 9.92. The Morgan fingerprint density at radius 3 is 2.34 bits per heavy atom. The van der Waals surface area contributed by atoms with Gasteiger partial charge in [-0.15, -0.1) is 12.4 Å². The molecule has 1 aliphatic rings. The van der Waals surface area contributed by atoms with Crippen molar-refractivity contribution in [2.45, 2.75) is 37.6 Å². The van der Waals surface area contributed by atoms with Gasteiger partial charge in [-0.2, -0.15) is 13.2 Å². The third-order valence-corrected chi connectivity index (χ3v) is 5.44. The van der Waals surface area contributed by atoms with E-state index in [2.05, 4.69) is 5.32 Å². The zero-order valence-corrected chi connectivity index (χ0v) is 17.8. The molecule has 2 N–H and O–H groups in total. The summed E-state index contributed by atoms with van der Waals surface area (Å²) in [7, 11) is 0. The fraction of sp³-hybridized carbons (Fsp3) is 0.429. The van der Waals surface area contributed by atoms with Crippen LogP contribution >= 0.6 is 12.4 Å². The highest BCUT2D eigenvalue weighted by Gasteiger charge is 2.37. The average molecular weight is 478 g/mol. The summed E-state index contributed by atoms with van der Waals surface area (Å²) in [5.41, 5.74) is -1.03. The summed E-state index contributed by atoms with van der Waals surface area (Å²) in [6, 6.07) is 8.55. The second-order valence-corrected chi connectivity index (χ2v) is 7.53. The summed E-state index contributed by atoms with van der Waals surface area (Å²) in [5.74, 6) is -0.373. The number of nitrogens with one attached hydrogen (secondary N) is 1. The smallest absolute Gasteiger partial charge is 0.388 e. The minimum absolute atomic E-state index is 0. The number of aliphatic hydroxyl groups is 1. The minimum atomic E-state index is -4.69. The number of anilines is 1.